The number of rotatable bonds is 1. The number of anilines is 1. The minimum absolute atomic E-state index is 0.120. The molecule has 0 radical (unpaired) electrons. The molecule has 1 saturated heterocycles. The van der Waals surface area contributed by atoms with Gasteiger partial charge in [-0.25, -0.2) is 13.6 Å². The molecule has 2 heterocycles. The summed E-state index contributed by atoms with van der Waals surface area (Å²) in [5, 5.41) is 0. The Hall–Kier alpha value is -2.18. The van der Waals surface area contributed by atoms with Gasteiger partial charge < -0.3 is 14.5 Å². The SMILES string of the molecule is Cc1cc2c(c(F)c1F)CC(=O)N2C1CCN(C(=O)OC(C)(C)C)CC1. The maximum atomic E-state index is 14.2. The van der Waals surface area contributed by atoms with Crippen LogP contribution in [-0.4, -0.2) is 41.6 Å². The fourth-order valence-electron chi connectivity index (χ4n) is 3.56. The number of halogens is 2. The monoisotopic (exact) mass is 366 g/mol. The van der Waals surface area contributed by atoms with Gasteiger partial charge in [-0.1, -0.05) is 0 Å². The van der Waals surface area contributed by atoms with Crippen molar-refractivity contribution < 1.29 is 23.1 Å². The number of fused-ring (bicyclic) bond motifs is 1. The Morgan fingerprint density at radius 1 is 1.19 bits per heavy atom. The molecule has 2 aliphatic rings. The van der Waals surface area contributed by atoms with E-state index in [1.807, 2.05) is 20.8 Å². The molecule has 0 atom stereocenters. The highest BCUT2D eigenvalue weighted by Gasteiger charge is 2.38. The van der Waals surface area contributed by atoms with Gasteiger partial charge in [-0.3, -0.25) is 4.79 Å². The lowest BCUT2D eigenvalue weighted by atomic mass is 10.0. The van der Waals surface area contributed by atoms with Gasteiger partial charge in [0, 0.05) is 24.7 Å². The van der Waals surface area contributed by atoms with Gasteiger partial charge >= 0.3 is 6.09 Å². The van der Waals surface area contributed by atoms with E-state index in [0.717, 1.165) is 0 Å². The number of benzene rings is 1. The molecule has 2 aliphatic heterocycles. The smallest absolute Gasteiger partial charge is 0.410 e. The molecule has 3 rings (SSSR count). The van der Waals surface area contributed by atoms with Gasteiger partial charge in [-0.2, -0.15) is 0 Å². The molecule has 0 bridgehead atoms. The van der Waals surface area contributed by atoms with Crippen LogP contribution in [0.1, 0.15) is 44.7 Å². The number of nitrogens with zero attached hydrogens (tertiary/aromatic N) is 2. The molecule has 7 heteroatoms. The number of ether oxygens (including phenoxy) is 1. The normalized spacial score (nSPS) is 18.3. The van der Waals surface area contributed by atoms with E-state index >= 15 is 0 Å². The van der Waals surface area contributed by atoms with Crippen LogP contribution in [0.5, 0.6) is 0 Å². The second-order valence-corrected chi connectivity index (χ2v) is 7.96. The summed E-state index contributed by atoms with van der Waals surface area (Å²) in [6.45, 7) is 7.85. The maximum Gasteiger partial charge on any atom is 0.410 e. The summed E-state index contributed by atoms with van der Waals surface area (Å²) < 4.78 is 33.3. The Labute approximate surface area is 151 Å². The molecule has 0 aromatic heterocycles. The van der Waals surface area contributed by atoms with Gasteiger partial charge in [-0.05, 0) is 52.2 Å². The number of piperidine rings is 1. The number of aryl methyl sites for hydroxylation is 1. The van der Waals surface area contributed by atoms with Crippen LogP contribution in [0.3, 0.4) is 0 Å². The van der Waals surface area contributed by atoms with Crippen molar-refractivity contribution in [3.8, 4) is 0 Å². The van der Waals surface area contributed by atoms with Crippen molar-refractivity contribution in [1.29, 1.82) is 0 Å². The number of amides is 2. The highest BCUT2D eigenvalue weighted by atomic mass is 19.2. The van der Waals surface area contributed by atoms with E-state index < -0.39 is 17.2 Å². The highest BCUT2D eigenvalue weighted by molar-refractivity contribution is 6.02. The fraction of sp³-hybridized carbons (Fsp3) is 0.579. The quantitative estimate of drug-likeness (QED) is 0.764. The molecular formula is C19H24F2N2O3. The van der Waals surface area contributed by atoms with Gasteiger partial charge in [-0.15, -0.1) is 0 Å². The molecule has 0 aliphatic carbocycles. The van der Waals surface area contributed by atoms with Gasteiger partial charge in [0.1, 0.15) is 5.60 Å². The summed E-state index contributed by atoms with van der Waals surface area (Å²) in [6, 6.07) is 1.41. The summed E-state index contributed by atoms with van der Waals surface area (Å²) in [4.78, 5) is 27.8. The largest absolute Gasteiger partial charge is 0.444 e. The lowest BCUT2D eigenvalue weighted by molar-refractivity contribution is -0.118. The maximum absolute atomic E-state index is 14.2. The van der Waals surface area contributed by atoms with E-state index in [1.165, 1.54) is 6.92 Å². The van der Waals surface area contributed by atoms with Gasteiger partial charge in [0.25, 0.3) is 0 Å². The Morgan fingerprint density at radius 2 is 1.81 bits per heavy atom. The summed E-state index contributed by atoms with van der Waals surface area (Å²) >= 11 is 0. The minimum Gasteiger partial charge on any atom is -0.444 e. The third kappa shape index (κ3) is 3.39. The van der Waals surface area contributed by atoms with Crippen molar-refractivity contribution in [2.24, 2.45) is 0 Å². The predicted molar refractivity (Wildman–Crippen MR) is 93.1 cm³/mol. The molecule has 5 nitrogen and oxygen atoms in total. The molecular weight excluding hydrogens is 342 g/mol. The zero-order valence-electron chi connectivity index (χ0n) is 15.6. The first kappa shape index (κ1) is 18.6. The number of hydrogen-bond acceptors (Lipinski definition) is 3. The number of carbonyl (C=O) groups is 2. The number of carbonyl (C=O) groups excluding carboxylic acids is 2. The Morgan fingerprint density at radius 3 is 2.38 bits per heavy atom. The zero-order valence-corrected chi connectivity index (χ0v) is 15.6. The standard InChI is InChI=1S/C19H24F2N2O3/c1-11-9-14-13(17(21)16(11)20)10-15(24)23(14)12-5-7-22(8-6-12)18(25)26-19(2,3)4/h9,12H,5-8,10H2,1-4H3. The predicted octanol–water partition coefficient (Wildman–Crippen LogP) is 3.56. The average molecular weight is 366 g/mol. The first-order chi connectivity index (χ1) is 12.1. The van der Waals surface area contributed by atoms with Gasteiger partial charge in [0.2, 0.25) is 5.91 Å². The summed E-state index contributed by atoms with van der Waals surface area (Å²) in [5.41, 5.74) is 0.221. The van der Waals surface area contributed by atoms with Crippen molar-refractivity contribution >= 4 is 17.7 Å². The lowest BCUT2D eigenvalue weighted by Gasteiger charge is -2.37. The Bertz CT molecular complexity index is 750. The van der Waals surface area contributed by atoms with Crippen molar-refractivity contribution in [1.82, 2.24) is 4.90 Å². The van der Waals surface area contributed by atoms with Crippen LogP contribution >= 0.6 is 0 Å². The summed E-state index contributed by atoms with van der Waals surface area (Å²) in [7, 11) is 0. The van der Waals surface area contributed by atoms with E-state index in [-0.39, 0.29) is 35.6 Å². The van der Waals surface area contributed by atoms with Gasteiger partial charge in [0.15, 0.2) is 11.6 Å². The molecule has 1 aromatic carbocycles. The van der Waals surface area contributed by atoms with E-state index in [9.17, 15) is 18.4 Å². The minimum atomic E-state index is -0.929. The first-order valence-electron chi connectivity index (χ1n) is 8.86. The second kappa shape index (κ2) is 6.52. The molecule has 1 fully saturated rings. The van der Waals surface area contributed by atoms with Crippen molar-refractivity contribution in [2.45, 2.75) is 58.6 Å². The van der Waals surface area contributed by atoms with Gasteiger partial charge in [0.05, 0.1) is 12.1 Å². The molecule has 142 valence electrons. The summed E-state index contributed by atoms with van der Waals surface area (Å²) in [6.07, 6.45) is 0.656. The molecule has 26 heavy (non-hydrogen) atoms. The molecule has 1 aromatic rings. The molecule has 0 unspecified atom stereocenters. The van der Waals surface area contributed by atoms with E-state index in [4.69, 9.17) is 4.74 Å². The zero-order chi connectivity index (χ0) is 19.2. The molecule has 0 N–H and O–H groups in total. The van der Waals surface area contributed by atoms with Crippen LogP contribution in [0, 0.1) is 18.6 Å². The van der Waals surface area contributed by atoms with Crippen LogP contribution in [0.25, 0.3) is 0 Å². The molecule has 2 amide bonds. The topological polar surface area (TPSA) is 49.9 Å². The van der Waals surface area contributed by atoms with E-state index in [0.29, 0.717) is 31.6 Å². The van der Waals surface area contributed by atoms with Crippen LogP contribution in [0.2, 0.25) is 0 Å². The molecule has 0 saturated carbocycles. The van der Waals surface area contributed by atoms with E-state index in [1.54, 1.807) is 15.9 Å². The third-order valence-corrected chi connectivity index (χ3v) is 4.80. The van der Waals surface area contributed by atoms with Crippen molar-refractivity contribution in [3.05, 3.63) is 28.8 Å². The highest BCUT2D eigenvalue weighted by Crippen LogP contribution is 2.37. The van der Waals surface area contributed by atoms with Crippen LogP contribution in [0.15, 0.2) is 6.07 Å². The van der Waals surface area contributed by atoms with Crippen LogP contribution in [-0.2, 0) is 16.0 Å². The van der Waals surface area contributed by atoms with Crippen molar-refractivity contribution in [2.75, 3.05) is 18.0 Å². The fourth-order valence-corrected chi connectivity index (χ4v) is 3.56. The summed E-state index contributed by atoms with van der Waals surface area (Å²) in [5.74, 6) is -2.04. The van der Waals surface area contributed by atoms with E-state index in [2.05, 4.69) is 0 Å². The Balaban J connectivity index is 1.73. The van der Waals surface area contributed by atoms with Crippen LogP contribution in [0.4, 0.5) is 19.3 Å². The first-order valence-corrected chi connectivity index (χ1v) is 8.86. The average Bonchev–Trinajstić information content (AvgIpc) is 2.87. The lowest BCUT2D eigenvalue weighted by Crippen LogP contribution is -2.49. The second-order valence-electron chi connectivity index (χ2n) is 7.96. The molecule has 0 spiro atoms. The van der Waals surface area contributed by atoms with Crippen LogP contribution < -0.4 is 4.90 Å². The number of hydrogen-bond donors (Lipinski definition) is 0. The van der Waals surface area contributed by atoms with Crippen molar-refractivity contribution in [3.63, 3.8) is 0 Å². The third-order valence-electron chi connectivity index (χ3n) is 4.80. The number of likely N-dealkylation sites (tertiary alicyclic amines) is 1. The Kier molecular flexibility index (Phi) is 4.67.